The van der Waals surface area contributed by atoms with E-state index in [9.17, 15) is 4.79 Å². The molecule has 0 saturated carbocycles. The van der Waals surface area contributed by atoms with Crippen LogP contribution in [0.15, 0.2) is 82.6 Å². The van der Waals surface area contributed by atoms with Crippen LogP contribution in [0.5, 0.6) is 5.75 Å². The Labute approximate surface area is 168 Å². The van der Waals surface area contributed by atoms with Gasteiger partial charge in [-0.25, -0.2) is 0 Å². The molecule has 1 N–H and O–H groups in total. The van der Waals surface area contributed by atoms with Crippen LogP contribution < -0.4 is 10.1 Å². The third kappa shape index (κ3) is 5.52. The summed E-state index contributed by atoms with van der Waals surface area (Å²) < 4.78 is 5.23. The highest BCUT2D eigenvalue weighted by atomic mass is 35.5. The van der Waals surface area contributed by atoms with Crippen molar-refractivity contribution < 1.29 is 9.53 Å². The predicted molar refractivity (Wildman–Crippen MR) is 111 cm³/mol. The maximum Gasteiger partial charge on any atom is 0.255 e. The molecule has 1 amide bonds. The molecule has 3 rings (SSSR count). The summed E-state index contributed by atoms with van der Waals surface area (Å²) in [6.07, 6.45) is 0.755. The van der Waals surface area contributed by atoms with Gasteiger partial charge in [0.25, 0.3) is 5.91 Å². The van der Waals surface area contributed by atoms with Gasteiger partial charge < -0.3 is 10.1 Å². The molecule has 3 aromatic rings. The van der Waals surface area contributed by atoms with Gasteiger partial charge in [-0.15, -0.1) is 0 Å². The van der Waals surface area contributed by atoms with Crippen molar-refractivity contribution in [1.82, 2.24) is 5.32 Å². The highest BCUT2D eigenvalue weighted by molar-refractivity contribution is 7.99. The monoisotopic (exact) mass is 397 g/mol. The third-order valence-electron chi connectivity index (χ3n) is 4.01. The summed E-state index contributed by atoms with van der Waals surface area (Å²) >= 11 is 7.71. The van der Waals surface area contributed by atoms with Gasteiger partial charge in [0.2, 0.25) is 0 Å². The summed E-state index contributed by atoms with van der Waals surface area (Å²) in [6.45, 7) is 0.541. The average molecular weight is 398 g/mol. The topological polar surface area (TPSA) is 38.3 Å². The SMILES string of the molecule is COc1ccc(Cl)cc1C(=O)NCCc1ccc(Sc2ccccc2)cc1. The molecule has 5 heteroatoms. The predicted octanol–water partition coefficient (Wildman–Crippen LogP) is 5.47. The molecule has 3 aromatic carbocycles. The Balaban J connectivity index is 1.53. The first-order chi connectivity index (χ1) is 13.2. The Morgan fingerprint density at radius 2 is 1.70 bits per heavy atom. The number of carbonyl (C=O) groups is 1. The number of amides is 1. The summed E-state index contributed by atoms with van der Waals surface area (Å²) in [4.78, 5) is 14.8. The summed E-state index contributed by atoms with van der Waals surface area (Å²) in [7, 11) is 1.54. The number of hydrogen-bond donors (Lipinski definition) is 1. The average Bonchev–Trinajstić information content (AvgIpc) is 2.70. The Bertz CT molecular complexity index is 898. The number of carbonyl (C=O) groups excluding carboxylic acids is 1. The van der Waals surface area contributed by atoms with Gasteiger partial charge >= 0.3 is 0 Å². The Morgan fingerprint density at radius 3 is 2.41 bits per heavy atom. The molecule has 138 valence electrons. The number of nitrogens with one attached hydrogen (secondary N) is 1. The van der Waals surface area contributed by atoms with Crippen molar-refractivity contribution in [1.29, 1.82) is 0 Å². The van der Waals surface area contributed by atoms with Crippen LogP contribution in [0.1, 0.15) is 15.9 Å². The van der Waals surface area contributed by atoms with E-state index in [1.54, 1.807) is 30.0 Å². The minimum Gasteiger partial charge on any atom is -0.496 e. The second-order valence-electron chi connectivity index (χ2n) is 5.91. The maximum absolute atomic E-state index is 12.4. The smallest absolute Gasteiger partial charge is 0.255 e. The number of hydrogen-bond acceptors (Lipinski definition) is 3. The minimum absolute atomic E-state index is 0.189. The van der Waals surface area contributed by atoms with Gasteiger partial charge in [-0.05, 0) is 54.4 Å². The molecule has 0 aliphatic heterocycles. The molecule has 0 radical (unpaired) electrons. The van der Waals surface area contributed by atoms with Crippen LogP contribution >= 0.6 is 23.4 Å². The van der Waals surface area contributed by atoms with Crippen molar-refractivity contribution in [3.63, 3.8) is 0 Å². The van der Waals surface area contributed by atoms with Crippen molar-refractivity contribution in [2.24, 2.45) is 0 Å². The van der Waals surface area contributed by atoms with E-state index < -0.39 is 0 Å². The largest absolute Gasteiger partial charge is 0.496 e. The second kappa shape index (κ2) is 9.49. The van der Waals surface area contributed by atoms with Gasteiger partial charge in [0, 0.05) is 21.4 Å². The molecular weight excluding hydrogens is 378 g/mol. The fraction of sp³-hybridized carbons (Fsp3) is 0.136. The van der Waals surface area contributed by atoms with Gasteiger partial charge in [0.05, 0.1) is 12.7 Å². The van der Waals surface area contributed by atoms with Crippen LogP contribution in [-0.4, -0.2) is 19.6 Å². The minimum atomic E-state index is -0.189. The standard InChI is InChI=1S/C22H20ClNO2S/c1-26-21-12-9-17(23)15-20(21)22(25)24-14-13-16-7-10-19(11-8-16)27-18-5-3-2-4-6-18/h2-12,15H,13-14H2,1H3,(H,24,25). The summed E-state index contributed by atoms with van der Waals surface area (Å²) in [5.41, 5.74) is 1.62. The van der Waals surface area contributed by atoms with Crippen LogP contribution in [0.25, 0.3) is 0 Å². The van der Waals surface area contributed by atoms with E-state index in [0.717, 1.165) is 6.42 Å². The molecule has 0 heterocycles. The summed E-state index contributed by atoms with van der Waals surface area (Å²) in [5, 5.41) is 3.43. The highest BCUT2D eigenvalue weighted by Gasteiger charge is 2.12. The van der Waals surface area contributed by atoms with Crippen LogP contribution in [0.4, 0.5) is 0 Å². The second-order valence-corrected chi connectivity index (χ2v) is 7.49. The van der Waals surface area contributed by atoms with Crippen molar-refractivity contribution in [2.45, 2.75) is 16.2 Å². The van der Waals surface area contributed by atoms with E-state index in [2.05, 4.69) is 41.7 Å². The number of methoxy groups -OCH3 is 1. The van der Waals surface area contributed by atoms with Crippen molar-refractivity contribution in [3.8, 4) is 5.75 Å². The van der Waals surface area contributed by atoms with Crippen LogP contribution in [0.3, 0.4) is 0 Å². The molecule has 0 aliphatic rings. The number of rotatable bonds is 7. The highest BCUT2D eigenvalue weighted by Crippen LogP contribution is 2.27. The molecule has 0 unspecified atom stereocenters. The van der Waals surface area contributed by atoms with E-state index in [-0.39, 0.29) is 5.91 Å². The Kier molecular flexibility index (Phi) is 6.80. The van der Waals surface area contributed by atoms with Gasteiger partial charge in [-0.3, -0.25) is 4.79 Å². The molecule has 0 atom stereocenters. The van der Waals surface area contributed by atoms with E-state index in [0.29, 0.717) is 22.9 Å². The van der Waals surface area contributed by atoms with Gasteiger partial charge in [0.1, 0.15) is 5.75 Å². The molecule has 0 bridgehead atoms. The molecule has 0 aliphatic carbocycles. The van der Waals surface area contributed by atoms with E-state index in [4.69, 9.17) is 16.3 Å². The molecule has 0 saturated heterocycles. The zero-order chi connectivity index (χ0) is 19.1. The zero-order valence-electron chi connectivity index (χ0n) is 14.9. The molecule has 27 heavy (non-hydrogen) atoms. The van der Waals surface area contributed by atoms with Gasteiger partial charge in [0.15, 0.2) is 0 Å². The lowest BCUT2D eigenvalue weighted by Crippen LogP contribution is -2.26. The number of benzene rings is 3. The molecule has 0 fully saturated rings. The first-order valence-corrected chi connectivity index (χ1v) is 9.79. The maximum atomic E-state index is 12.4. The molecule has 3 nitrogen and oxygen atoms in total. The van der Waals surface area contributed by atoms with Crippen molar-refractivity contribution in [3.05, 3.63) is 88.9 Å². The Morgan fingerprint density at radius 1 is 1.00 bits per heavy atom. The summed E-state index contributed by atoms with van der Waals surface area (Å²) in [6, 6.07) is 23.7. The lowest BCUT2D eigenvalue weighted by Gasteiger charge is -2.10. The van der Waals surface area contributed by atoms with Crippen LogP contribution in [0, 0.1) is 0 Å². The van der Waals surface area contributed by atoms with E-state index in [1.807, 2.05) is 18.2 Å². The first-order valence-electron chi connectivity index (χ1n) is 8.59. The lowest BCUT2D eigenvalue weighted by atomic mass is 10.1. The summed E-state index contributed by atoms with van der Waals surface area (Å²) in [5.74, 6) is 0.324. The zero-order valence-corrected chi connectivity index (χ0v) is 16.5. The Hall–Kier alpha value is -2.43. The fourth-order valence-electron chi connectivity index (χ4n) is 2.62. The normalized spacial score (nSPS) is 10.4. The first kappa shape index (κ1) is 19.3. The van der Waals surface area contributed by atoms with Gasteiger partial charge in [-0.1, -0.05) is 53.7 Å². The third-order valence-corrected chi connectivity index (χ3v) is 5.26. The number of ether oxygens (including phenoxy) is 1. The van der Waals surface area contributed by atoms with Crippen LogP contribution in [-0.2, 0) is 6.42 Å². The quantitative estimate of drug-likeness (QED) is 0.574. The number of halogens is 1. The molecule has 0 aromatic heterocycles. The molecular formula is C22H20ClNO2S. The van der Waals surface area contributed by atoms with E-state index in [1.165, 1.54) is 22.5 Å². The van der Waals surface area contributed by atoms with Gasteiger partial charge in [-0.2, -0.15) is 0 Å². The van der Waals surface area contributed by atoms with E-state index >= 15 is 0 Å². The van der Waals surface area contributed by atoms with Crippen molar-refractivity contribution in [2.75, 3.05) is 13.7 Å². The van der Waals surface area contributed by atoms with Crippen LogP contribution in [0.2, 0.25) is 5.02 Å². The fourth-order valence-corrected chi connectivity index (χ4v) is 3.63. The molecule has 0 spiro atoms. The van der Waals surface area contributed by atoms with Crippen molar-refractivity contribution >= 4 is 29.3 Å². The lowest BCUT2D eigenvalue weighted by molar-refractivity contribution is 0.0951.